The number of hydrogen-bond donors (Lipinski definition) is 1. The minimum absolute atomic E-state index is 0.0174. The van der Waals surface area contributed by atoms with Gasteiger partial charge in [0.2, 0.25) is 5.91 Å². The summed E-state index contributed by atoms with van der Waals surface area (Å²) in [6, 6.07) is 13.8. The highest BCUT2D eigenvalue weighted by Crippen LogP contribution is 2.44. The molecule has 2 aromatic carbocycles. The molecule has 2 aliphatic heterocycles. The van der Waals surface area contributed by atoms with E-state index in [1.54, 1.807) is 12.1 Å². The van der Waals surface area contributed by atoms with Crippen LogP contribution in [0.2, 0.25) is 10.0 Å². The second kappa shape index (κ2) is 9.13. The number of nitrogens with zero attached hydrogens (tertiary/aromatic N) is 2. The number of rotatable bonds is 4. The number of amides is 2. The van der Waals surface area contributed by atoms with Gasteiger partial charge in [-0.25, -0.2) is 0 Å². The van der Waals surface area contributed by atoms with Gasteiger partial charge in [0.05, 0.1) is 16.6 Å². The zero-order chi connectivity index (χ0) is 23.0. The van der Waals surface area contributed by atoms with Crippen molar-refractivity contribution in [2.45, 2.75) is 30.7 Å². The van der Waals surface area contributed by atoms with Gasteiger partial charge in [-0.2, -0.15) is 0 Å². The molecule has 0 radical (unpaired) electrons. The first kappa shape index (κ1) is 22.5. The van der Waals surface area contributed by atoms with Gasteiger partial charge in [0.1, 0.15) is 0 Å². The van der Waals surface area contributed by atoms with Crippen molar-refractivity contribution >= 4 is 41.1 Å². The molecule has 3 aliphatic rings. The molecule has 7 heteroatoms. The molecule has 1 aliphatic carbocycles. The number of likely N-dealkylation sites (tertiary alicyclic amines) is 2. The van der Waals surface area contributed by atoms with Gasteiger partial charge in [-0.05, 0) is 61.7 Å². The third kappa shape index (κ3) is 4.42. The van der Waals surface area contributed by atoms with Crippen LogP contribution in [0.1, 0.15) is 40.7 Å². The van der Waals surface area contributed by atoms with Gasteiger partial charge in [-0.15, -0.1) is 0 Å². The van der Waals surface area contributed by atoms with Crippen LogP contribution in [0.25, 0.3) is 6.08 Å². The van der Waals surface area contributed by atoms with Crippen molar-refractivity contribution in [1.29, 1.82) is 0 Å². The predicted octanol–water partition coefficient (Wildman–Crippen LogP) is 4.38. The average molecular weight is 484 g/mol. The summed E-state index contributed by atoms with van der Waals surface area (Å²) in [5.41, 5.74) is 3.38. The Hall–Kier alpha value is -2.34. The Balaban J connectivity index is 1.12. The van der Waals surface area contributed by atoms with E-state index in [1.165, 1.54) is 17.2 Å². The fourth-order valence-corrected chi connectivity index (χ4v) is 5.73. The van der Waals surface area contributed by atoms with E-state index in [4.69, 9.17) is 23.2 Å². The van der Waals surface area contributed by atoms with Gasteiger partial charge < -0.3 is 10.2 Å². The van der Waals surface area contributed by atoms with Crippen LogP contribution in [-0.4, -0.2) is 60.4 Å². The Bertz CT molecular complexity index is 1110. The second-order valence-corrected chi connectivity index (χ2v) is 10.0. The topological polar surface area (TPSA) is 52.7 Å². The highest BCUT2D eigenvalue weighted by Gasteiger charge is 2.40. The van der Waals surface area contributed by atoms with E-state index in [-0.39, 0.29) is 23.8 Å². The molecule has 2 saturated heterocycles. The van der Waals surface area contributed by atoms with E-state index in [0.29, 0.717) is 21.7 Å². The van der Waals surface area contributed by atoms with Crippen molar-refractivity contribution in [2.75, 3.05) is 32.7 Å². The van der Waals surface area contributed by atoms with Crippen LogP contribution in [0.5, 0.6) is 0 Å². The lowest BCUT2D eigenvalue weighted by Gasteiger charge is -2.41. The van der Waals surface area contributed by atoms with Crippen molar-refractivity contribution in [3.8, 4) is 0 Å². The van der Waals surface area contributed by atoms with Crippen LogP contribution in [0.4, 0.5) is 0 Å². The van der Waals surface area contributed by atoms with Crippen molar-refractivity contribution in [1.82, 2.24) is 15.1 Å². The number of fused-ring (bicyclic) bond motifs is 2. The minimum Gasteiger partial charge on any atom is -0.343 e. The minimum atomic E-state index is -0.330. The molecule has 2 amide bonds. The molecular formula is C26H27Cl2N3O2. The number of carbonyl (C=O) groups excluding carboxylic acids is 2. The lowest BCUT2D eigenvalue weighted by atomic mass is 9.74. The Morgan fingerprint density at radius 1 is 1.03 bits per heavy atom. The molecule has 2 fully saturated rings. The van der Waals surface area contributed by atoms with Crippen LogP contribution in [0.15, 0.2) is 48.5 Å². The molecule has 2 aromatic rings. The van der Waals surface area contributed by atoms with E-state index in [1.807, 2.05) is 4.90 Å². The number of carbonyl (C=O) groups is 2. The maximum Gasteiger partial charge on any atom is 0.251 e. The smallest absolute Gasteiger partial charge is 0.251 e. The standard InChI is InChI=1S/C26H27Cl2N3O2/c27-22-6-5-19(15-23(22)28)25(33)29-16-24(32)31-12-8-20(17-31)30-13-10-26(11-14-30)9-7-18-3-1-2-4-21(18)26/h1-7,9,15,20H,8,10-14,16-17H2,(H,29,33). The fraction of sp³-hybridized carbons (Fsp3) is 0.385. The first-order valence-corrected chi connectivity index (χ1v) is 12.2. The quantitative estimate of drug-likeness (QED) is 0.701. The molecule has 1 unspecified atom stereocenters. The van der Waals surface area contributed by atoms with Gasteiger partial charge in [0, 0.05) is 30.1 Å². The number of benzene rings is 2. The zero-order valence-corrected chi connectivity index (χ0v) is 19.9. The molecule has 33 heavy (non-hydrogen) atoms. The van der Waals surface area contributed by atoms with Gasteiger partial charge in [-0.1, -0.05) is 59.6 Å². The molecule has 172 valence electrons. The highest BCUT2D eigenvalue weighted by molar-refractivity contribution is 6.42. The monoisotopic (exact) mass is 483 g/mol. The molecule has 1 spiro atoms. The van der Waals surface area contributed by atoms with E-state index >= 15 is 0 Å². The van der Waals surface area contributed by atoms with Crippen molar-refractivity contribution in [3.05, 3.63) is 75.3 Å². The fourth-order valence-electron chi connectivity index (χ4n) is 5.43. The lowest BCUT2D eigenvalue weighted by Crippen LogP contribution is -2.47. The van der Waals surface area contributed by atoms with Crippen LogP contribution < -0.4 is 5.32 Å². The Morgan fingerprint density at radius 3 is 2.61 bits per heavy atom. The van der Waals surface area contributed by atoms with Crippen LogP contribution in [-0.2, 0) is 10.2 Å². The van der Waals surface area contributed by atoms with Gasteiger partial charge >= 0.3 is 0 Å². The average Bonchev–Trinajstić information content (AvgIpc) is 3.46. The molecule has 5 rings (SSSR count). The number of halogens is 2. The van der Waals surface area contributed by atoms with Crippen molar-refractivity contribution in [3.63, 3.8) is 0 Å². The number of piperidine rings is 1. The van der Waals surface area contributed by atoms with Gasteiger partial charge in [0.15, 0.2) is 0 Å². The third-order valence-electron chi connectivity index (χ3n) is 7.38. The summed E-state index contributed by atoms with van der Waals surface area (Å²) in [6.45, 7) is 3.52. The Morgan fingerprint density at radius 2 is 1.82 bits per heavy atom. The largest absolute Gasteiger partial charge is 0.343 e. The molecule has 1 N–H and O–H groups in total. The summed E-state index contributed by atoms with van der Waals surface area (Å²) in [5.74, 6) is -0.379. The van der Waals surface area contributed by atoms with Crippen molar-refractivity contribution in [2.24, 2.45) is 0 Å². The summed E-state index contributed by atoms with van der Waals surface area (Å²) in [6.07, 6.45) is 7.88. The maximum atomic E-state index is 12.7. The van der Waals surface area contributed by atoms with Gasteiger partial charge in [0.25, 0.3) is 5.91 Å². The molecule has 1 atom stereocenters. The molecule has 0 aromatic heterocycles. The highest BCUT2D eigenvalue weighted by atomic mass is 35.5. The lowest BCUT2D eigenvalue weighted by molar-refractivity contribution is -0.129. The van der Waals surface area contributed by atoms with Crippen LogP contribution in [0, 0.1) is 0 Å². The van der Waals surface area contributed by atoms with Gasteiger partial charge in [-0.3, -0.25) is 14.5 Å². The van der Waals surface area contributed by atoms with Crippen LogP contribution >= 0.6 is 23.2 Å². The van der Waals surface area contributed by atoms with E-state index in [9.17, 15) is 9.59 Å². The molecule has 2 heterocycles. The molecule has 5 nitrogen and oxygen atoms in total. The first-order valence-electron chi connectivity index (χ1n) is 11.5. The number of allylic oxidation sites excluding steroid dienone is 1. The SMILES string of the molecule is O=C(NCC(=O)N1CCC(N2CCC3(C=Cc4ccccc43)CC2)C1)c1ccc(Cl)c(Cl)c1. The predicted molar refractivity (Wildman–Crippen MR) is 132 cm³/mol. The Kier molecular flexibility index (Phi) is 6.21. The Labute approximate surface area is 204 Å². The summed E-state index contributed by atoms with van der Waals surface area (Å²) in [5, 5.41) is 3.42. The molecule has 0 saturated carbocycles. The maximum absolute atomic E-state index is 12.7. The van der Waals surface area contributed by atoms with Crippen LogP contribution in [0.3, 0.4) is 0 Å². The first-order chi connectivity index (χ1) is 15.9. The summed E-state index contributed by atoms with van der Waals surface area (Å²) >= 11 is 11.9. The normalized spacial score (nSPS) is 21.4. The second-order valence-electron chi connectivity index (χ2n) is 9.21. The number of hydrogen-bond acceptors (Lipinski definition) is 3. The summed E-state index contributed by atoms with van der Waals surface area (Å²) in [7, 11) is 0. The molecule has 0 bridgehead atoms. The van der Waals surface area contributed by atoms with Crippen molar-refractivity contribution < 1.29 is 9.59 Å². The summed E-state index contributed by atoms with van der Waals surface area (Å²) in [4.78, 5) is 29.5. The van der Waals surface area contributed by atoms with E-state index < -0.39 is 0 Å². The van der Waals surface area contributed by atoms with E-state index in [0.717, 1.165) is 45.4 Å². The zero-order valence-electron chi connectivity index (χ0n) is 18.4. The summed E-state index contributed by atoms with van der Waals surface area (Å²) < 4.78 is 0. The van der Waals surface area contributed by atoms with E-state index in [2.05, 4.69) is 46.6 Å². The third-order valence-corrected chi connectivity index (χ3v) is 8.12. The molecular weight excluding hydrogens is 457 g/mol. The number of nitrogens with one attached hydrogen (secondary N) is 1.